The van der Waals surface area contributed by atoms with Gasteiger partial charge in [-0.3, -0.25) is 14.4 Å². The first-order valence-electron chi connectivity index (χ1n) is 5.26. The fourth-order valence-corrected chi connectivity index (χ4v) is 0.769. The number of rotatable bonds is 5. The SMILES string of the molecule is C/C=C(Cl)/C(=C\NC)C(=O)C=O.CCOC.O=CO. The molecule has 0 aromatic carbocycles. The summed E-state index contributed by atoms with van der Waals surface area (Å²) in [5.74, 6) is -0.632. The number of ketones is 1. The lowest BCUT2D eigenvalue weighted by Gasteiger charge is -1.99. The van der Waals surface area contributed by atoms with Gasteiger partial charge in [0.15, 0.2) is 6.29 Å². The van der Waals surface area contributed by atoms with Crippen molar-refractivity contribution in [2.45, 2.75) is 13.8 Å². The second kappa shape index (κ2) is 18.7. The molecule has 0 rings (SSSR count). The molecule has 0 radical (unpaired) electrons. The van der Waals surface area contributed by atoms with Crippen molar-refractivity contribution in [2.24, 2.45) is 0 Å². The van der Waals surface area contributed by atoms with Crippen molar-refractivity contribution in [1.82, 2.24) is 5.32 Å². The maximum Gasteiger partial charge on any atom is 0.290 e. The van der Waals surface area contributed by atoms with Crippen molar-refractivity contribution in [2.75, 3.05) is 20.8 Å². The first kappa shape index (κ1) is 22.5. The highest BCUT2D eigenvalue weighted by atomic mass is 35.5. The monoisotopic (exact) mass is 293 g/mol. The van der Waals surface area contributed by atoms with Gasteiger partial charge < -0.3 is 15.2 Å². The Labute approximate surface area is 118 Å². The molecule has 0 unspecified atom stereocenters. The minimum atomic E-state index is -0.632. The topological polar surface area (TPSA) is 92.7 Å². The van der Waals surface area contributed by atoms with E-state index in [1.54, 1.807) is 27.2 Å². The first-order chi connectivity index (χ1) is 9.00. The largest absolute Gasteiger partial charge is 0.483 e. The fraction of sp³-hybridized carbons (Fsp3) is 0.417. The molecule has 6 nitrogen and oxygen atoms in total. The number of Topliss-reactive ketones (excluding diaryl/α,β-unsaturated/α-hetero) is 1. The summed E-state index contributed by atoms with van der Waals surface area (Å²) in [7, 11) is 3.30. The molecule has 0 fully saturated rings. The third kappa shape index (κ3) is 16.3. The van der Waals surface area contributed by atoms with E-state index in [-0.39, 0.29) is 23.4 Å². The van der Waals surface area contributed by atoms with Crippen molar-refractivity contribution in [3.63, 3.8) is 0 Å². The molecule has 0 aliphatic carbocycles. The van der Waals surface area contributed by atoms with Gasteiger partial charge in [0.2, 0.25) is 5.78 Å². The summed E-state index contributed by atoms with van der Waals surface area (Å²) < 4.78 is 4.54. The second-order valence-electron chi connectivity index (χ2n) is 2.65. The zero-order valence-electron chi connectivity index (χ0n) is 11.5. The molecule has 0 amide bonds. The van der Waals surface area contributed by atoms with Gasteiger partial charge in [0.25, 0.3) is 6.47 Å². The number of carbonyl (C=O) groups excluding carboxylic acids is 2. The van der Waals surface area contributed by atoms with Crippen LogP contribution >= 0.6 is 11.6 Å². The molecule has 0 spiro atoms. The molecular formula is C12H20ClNO5. The van der Waals surface area contributed by atoms with Crippen molar-refractivity contribution in [1.29, 1.82) is 0 Å². The third-order valence-electron chi connectivity index (χ3n) is 1.46. The Morgan fingerprint density at radius 3 is 2.05 bits per heavy atom. The van der Waals surface area contributed by atoms with E-state index in [9.17, 15) is 9.59 Å². The van der Waals surface area contributed by atoms with Crippen LogP contribution in [0.1, 0.15) is 13.8 Å². The summed E-state index contributed by atoms with van der Waals surface area (Å²) in [4.78, 5) is 29.4. The Kier molecular flexibility index (Phi) is 22.2. The predicted molar refractivity (Wildman–Crippen MR) is 74.1 cm³/mol. The smallest absolute Gasteiger partial charge is 0.290 e. The van der Waals surface area contributed by atoms with E-state index in [0.29, 0.717) is 0 Å². The summed E-state index contributed by atoms with van der Waals surface area (Å²) in [6, 6.07) is 0. The minimum absolute atomic E-state index is 0.177. The first-order valence-corrected chi connectivity index (χ1v) is 5.64. The van der Waals surface area contributed by atoms with Crippen LogP contribution in [0, 0.1) is 0 Å². The number of ether oxygens (including phenoxy) is 1. The number of carboxylic acid groups (broad SMARTS) is 1. The Balaban J connectivity index is -0.000000303. The molecule has 110 valence electrons. The standard InChI is InChI=1S/C8H10ClNO2.C3H8O.CH2O2/c1-3-7(9)6(4-10-2)8(12)5-11;1-3-4-2;2-1-3/h3-5,10H,1-2H3;3H2,1-2H3;1H,(H,2,3)/b6-4+,7-3-;;. The van der Waals surface area contributed by atoms with E-state index in [4.69, 9.17) is 21.5 Å². The molecule has 0 atom stereocenters. The molecule has 19 heavy (non-hydrogen) atoms. The van der Waals surface area contributed by atoms with Gasteiger partial charge in [-0.1, -0.05) is 17.7 Å². The Morgan fingerprint density at radius 2 is 1.84 bits per heavy atom. The van der Waals surface area contributed by atoms with E-state index in [2.05, 4.69) is 10.1 Å². The van der Waals surface area contributed by atoms with Crippen LogP contribution in [0.2, 0.25) is 0 Å². The van der Waals surface area contributed by atoms with Crippen molar-refractivity contribution in [3.05, 3.63) is 22.9 Å². The molecule has 0 aromatic rings. The van der Waals surface area contributed by atoms with Gasteiger partial charge in [-0.15, -0.1) is 0 Å². The van der Waals surface area contributed by atoms with Gasteiger partial charge in [-0.2, -0.15) is 0 Å². The zero-order chi connectivity index (χ0) is 15.7. The van der Waals surface area contributed by atoms with Crippen LogP contribution in [0.5, 0.6) is 0 Å². The van der Waals surface area contributed by atoms with Crippen LogP contribution in [-0.2, 0) is 19.1 Å². The van der Waals surface area contributed by atoms with Crippen molar-refractivity contribution >= 4 is 30.1 Å². The predicted octanol–water partition coefficient (Wildman–Crippen LogP) is 1.35. The normalized spacial score (nSPS) is 10.2. The lowest BCUT2D eigenvalue weighted by molar-refractivity contribution is -0.127. The van der Waals surface area contributed by atoms with E-state index in [1.165, 1.54) is 6.20 Å². The summed E-state index contributed by atoms with van der Waals surface area (Å²) in [5, 5.41) is 9.79. The molecule has 0 aliphatic heterocycles. The molecule has 2 N–H and O–H groups in total. The molecular weight excluding hydrogens is 274 g/mol. The van der Waals surface area contributed by atoms with E-state index < -0.39 is 5.78 Å². The van der Waals surface area contributed by atoms with Crippen LogP contribution in [0.25, 0.3) is 0 Å². The summed E-state index contributed by atoms with van der Waals surface area (Å²) >= 11 is 5.66. The van der Waals surface area contributed by atoms with Gasteiger partial charge in [0, 0.05) is 32.0 Å². The molecule has 7 heteroatoms. The molecule has 0 saturated carbocycles. The number of carbonyl (C=O) groups is 3. The number of aldehydes is 1. The van der Waals surface area contributed by atoms with Gasteiger partial charge in [0.05, 0.1) is 5.57 Å². The van der Waals surface area contributed by atoms with Crippen molar-refractivity contribution < 1.29 is 24.2 Å². The lowest BCUT2D eigenvalue weighted by atomic mass is 10.2. The Hall–Kier alpha value is -1.66. The average Bonchev–Trinajstić information content (AvgIpc) is 2.44. The highest BCUT2D eigenvalue weighted by molar-refractivity contribution is 6.43. The summed E-state index contributed by atoms with van der Waals surface area (Å²) in [5.41, 5.74) is 0.177. The maximum absolute atomic E-state index is 10.9. The average molecular weight is 294 g/mol. The van der Waals surface area contributed by atoms with E-state index in [0.717, 1.165) is 6.61 Å². The van der Waals surface area contributed by atoms with Gasteiger partial charge in [-0.25, -0.2) is 0 Å². The maximum atomic E-state index is 10.9. The van der Waals surface area contributed by atoms with Crippen LogP contribution < -0.4 is 5.32 Å². The highest BCUT2D eigenvalue weighted by Gasteiger charge is 2.10. The third-order valence-corrected chi connectivity index (χ3v) is 1.88. The number of hydrogen-bond donors (Lipinski definition) is 2. The van der Waals surface area contributed by atoms with Gasteiger partial charge in [0.1, 0.15) is 0 Å². The van der Waals surface area contributed by atoms with Crippen LogP contribution in [0.15, 0.2) is 22.9 Å². The molecule has 0 saturated heterocycles. The highest BCUT2D eigenvalue weighted by Crippen LogP contribution is 2.13. The Bertz CT molecular complexity index is 307. The molecule has 0 aliphatic rings. The number of nitrogens with one attached hydrogen (secondary N) is 1. The minimum Gasteiger partial charge on any atom is -0.483 e. The quantitative estimate of drug-likeness (QED) is 0.344. The second-order valence-corrected chi connectivity index (χ2v) is 3.06. The lowest BCUT2D eigenvalue weighted by Crippen LogP contribution is -2.08. The molecule has 0 heterocycles. The molecule has 0 bridgehead atoms. The fourth-order valence-electron chi connectivity index (χ4n) is 0.621. The van der Waals surface area contributed by atoms with Crippen LogP contribution in [0.4, 0.5) is 0 Å². The number of hydrogen-bond acceptors (Lipinski definition) is 5. The van der Waals surface area contributed by atoms with Gasteiger partial charge in [-0.05, 0) is 13.8 Å². The van der Waals surface area contributed by atoms with Crippen LogP contribution in [0.3, 0.4) is 0 Å². The number of methoxy groups -OCH3 is 1. The summed E-state index contributed by atoms with van der Waals surface area (Å²) in [6.45, 7) is 4.21. The molecule has 0 aromatic heterocycles. The van der Waals surface area contributed by atoms with Crippen molar-refractivity contribution in [3.8, 4) is 0 Å². The Morgan fingerprint density at radius 1 is 1.42 bits per heavy atom. The van der Waals surface area contributed by atoms with Gasteiger partial charge >= 0.3 is 0 Å². The number of halogens is 1. The van der Waals surface area contributed by atoms with E-state index >= 15 is 0 Å². The van der Waals surface area contributed by atoms with E-state index in [1.807, 2.05) is 6.92 Å². The summed E-state index contributed by atoms with van der Waals surface area (Å²) in [6.07, 6.45) is 3.17. The zero-order valence-corrected chi connectivity index (χ0v) is 12.2. The van der Waals surface area contributed by atoms with Crippen LogP contribution in [-0.4, -0.2) is 44.4 Å². The number of allylic oxidation sites excluding steroid dienone is 3.